The molecule has 286 valence electrons. The predicted molar refractivity (Wildman–Crippen MR) is 213 cm³/mol. The van der Waals surface area contributed by atoms with Gasteiger partial charge in [0.15, 0.2) is 9.79 Å². The minimum Gasteiger partial charge on any atom is -0.258 e. The fourth-order valence-corrected chi connectivity index (χ4v) is 8.24. The van der Waals surface area contributed by atoms with Gasteiger partial charge in [-0.3, -0.25) is 20.2 Å². The molecule has 1 saturated heterocycles. The van der Waals surface area contributed by atoms with Gasteiger partial charge in [0, 0.05) is 24.9 Å². The third kappa shape index (κ3) is 11.3. The molecule has 0 N–H and O–H groups in total. The molecule has 0 saturated carbocycles. The molecule has 0 aliphatic carbocycles. The standard InChI is InChI=1S/C20H24N2O4S.C14H12N2O4S.C6H10/c1-14-9-10-20(19(11-14)22(23)24)27(25,26)21-13-16(3)15(2)12-18(21)17-7-5-4-6-8-17;1-11-7-8-14(13(9-11)16(17)18)21(19,20)15-10-12-5-3-2-4-6-12;1-5(2)6(3)4/h4-11,15-16,18H,12-13H2,1-3H3;2-10H,1H3;1,3H2,2,4H3. The van der Waals surface area contributed by atoms with Gasteiger partial charge in [-0.05, 0) is 80.3 Å². The molecule has 4 aromatic carbocycles. The first kappa shape index (κ1) is 43.1. The van der Waals surface area contributed by atoms with Crippen LogP contribution in [0.5, 0.6) is 0 Å². The number of benzene rings is 4. The van der Waals surface area contributed by atoms with Crippen molar-refractivity contribution in [3.8, 4) is 0 Å². The monoisotopic (exact) mass is 774 g/mol. The number of sulfonamides is 2. The summed E-state index contributed by atoms with van der Waals surface area (Å²) in [7, 11) is -8.14. The molecule has 0 amide bonds. The van der Waals surface area contributed by atoms with E-state index < -0.39 is 40.5 Å². The Morgan fingerprint density at radius 3 is 1.69 bits per heavy atom. The Balaban J connectivity index is 0.000000258. The van der Waals surface area contributed by atoms with Gasteiger partial charge in [-0.1, -0.05) is 111 Å². The van der Waals surface area contributed by atoms with Crippen LogP contribution in [0.1, 0.15) is 62.4 Å². The summed E-state index contributed by atoms with van der Waals surface area (Å²) >= 11 is 0. The largest absolute Gasteiger partial charge is 0.290 e. The molecule has 0 aromatic heterocycles. The van der Waals surface area contributed by atoms with Gasteiger partial charge in [0.25, 0.3) is 21.4 Å². The van der Waals surface area contributed by atoms with Crippen molar-refractivity contribution in [2.45, 2.75) is 63.8 Å². The molecular formula is C40H46N4O8S2. The first-order chi connectivity index (χ1) is 25.3. The Kier molecular flexibility index (Phi) is 14.9. The van der Waals surface area contributed by atoms with E-state index >= 15 is 0 Å². The maximum Gasteiger partial charge on any atom is 0.290 e. The first-order valence-electron chi connectivity index (χ1n) is 17.0. The lowest BCUT2D eigenvalue weighted by Crippen LogP contribution is -2.44. The minimum absolute atomic E-state index is 0.171. The molecule has 0 spiro atoms. The molecule has 4 aromatic rings. The number of aryl methyl sites for hydroxylation is 2. The SMILES string of the molecule is C=C(C)C(=C)C.Cc1ccc(S(=O)(=O)N2CC(C)C(C)CC2c2ccccc2)c([N+](=O)[O-])c1.Cc1ccc(S(=O)(=O)N=Cc2ccccc2)c([N+](=O)[O-])c1. The van der Waals surface area contributed by atoms with Crippen LogP contribution in [0.2, 0.25) is 0 Å². The molecule has 0 bridgehead atoms. The molecule has 3 unspecified atom stereocenters. The number of nitro benzene ring substituents is 2. The topological polar surface area (TPSA) is 170 Å². The van der Waals surface area contributed by atoms with E-state index in [-0.39, 0.29) is 22.5 Å². The summed E-state index contributed by atoms with van der Waals surface area (Å²) in [6, 6.07) is 26.0. The van der Waals surface area contributed by atoms with Crippen molar-refractivity contribution in [1.29, 1.82) is 0 Å². The normalized spacial score (nSPS) is 17.3. The van der Waals surface area contributed by atoms with Crippen LogP contribution >= 0.6 is 0 Å². The number of nitro groups is 2. The second kappa shape index (κ2) is 18.6. The van der Waals surface area contributed by atoms with Gasteiger partial charge in [-0.15, -0.1) is 0 Å². The van der Waals surface area contributed by atoms with Crippen LogP contribution in [-0.4, -0.2) is 43.7 Å². The summed E-state index contributed by atoms with van der Waals surface area (Å²) in [5.41, 5.74) is 4.05. The van der Waals surface area contributed by atoms with E-state index in [4.69, 9.17) is 0 Å². The highest BCUT2D eigenvalue weighted by Crippen LogP contribution is 2.41. The van der Waals surface area contributed by atoms with E-state index in [1.54, 1.807) is 50.2 Å². The smallest absolute Gasteiger partial charge is 0.258 e. The molecule has 14 heteroatoms. The van der Waals surface area contributed by atoms with Crippen molar-refractivity contribution in [2.24, 2.45) is 16.2 Å². The quantitative estimate of drug-likeness (QED) is 0.0701. The van der Waals surface area contributed by atoms with Crippen LogP contribution in [0.25, 0.3) is 0 Å². The van der Waals surface area contributed by atoms with Crippen LogP contribution in [0.15, 0.2) is 136 Å². The Morgan fingerprint density at radius 2 is 1.20 bits per heavy atom. The third-order valence-corrected chi connectivity index (χ3v) is 12.1. The van der Waals surface area contributed by atoms with Crippen LogP contribution < -0.4 is 0 Å². The number of nitrogens with zero attached hydrogens (tertiary/aromatic N) is 4. The second-order valence-electron chi connectivity index (χ2n) is 13.3. The summed E-state index contributed by atoms with van der Waals surface area (Å²) in [5.74, 6) is 0.527. The maximum absolute atomic E-state index is 13.5. The molecule has 5 rings (SSSR count). The minimum atomic E-state index is -4.12. The van der Waals surface area contributed by atoms with Gasteiger partial charge in [-0.2, -0.15) is 17.1 Å². The van der Waals surface area contributed by atoms with Crippen molar-refractivity contribution in [1.82, 2.24) is 4.31 Å². The van der Waals surface area contributed by atoms with Gasteiger partial charge < -0.3 is 0 Å². The summed E-state index contributed by atoms with van der Waals surface area (Å²) < 4.78 is 56.2. The van der Waals surface area contributed by atoms with E-state index in [0.717, 1.165) is 16.7 Å². The van der Waals surface area contributed by atoms with Crippen LogP contribution in [-0.2, 0) is 20.0 Å². The summed E-state index contributed by atoms with van der Waals surface area (Å²) in [6.07, 6.45) is 1.85. The Bertz CT molecular complexity index is 2230. The van der Waals surface area contributed by atoms with Crippen LogP contribution in [0.4, 0.5) is 11.4 Å². The number of hydrogen-bond acceptors (Lipinski definition) is 8. The molecule has 1 aliphatic heterocycles. The molecule has 1 heterocycles. The van der Waals surface area contributed by atoms with Crippen molar-refractivity contribution >= 4 is 37.6 Å². The van der Waals surface area contributed by atoms with E-state index in [0.29, 0.717) is 35.6 Å². The molecule has 1 aliphatic rings. The molecule has 54 heavy (non-hydrogen) atoms. The zero-order valence-electron chi connectivity index (χ0n) is 31.2. The highest BCUT2D eigenvalue weighted by Gasteiger charge is 2.41. The fourth-order valence-electron chi connectivity index (χ4n) is 5.37. The summed E-state index contributed by atoms with van der Waals surface area (Å²) in [4.78, 5) is 20.5. The molecular weight excluding hydrogens is 729 g/mol. The molecule has 12 nitrogen and oxygen atoms in total. The van der Waals surface area contributed by atoms with Crippen molar-refractivity contribution < 1.29 is 26.7 Å². The van der Waals surface area contributed by atoms with Gasteiger partial charge in [0.05, 0.1) is 15.9 Å². The Labute approximate surface area is 318 Å². The molecule has 3 atom stereocenters. The lowest BCUT2D eigenvalue weighted by Gasteiger charge is -2.41. The predicted octanol–water partition coefficient (Wildman–Crippen LogP) is 9.16. The maximum atomic E-state index is 13.5. The fraction of sp³-hybridized carbons (Fsp3) is 0.275. The summed E-state index contributed by atoms with van der Waals surface area (Å²) in [6.45, 7) is 19.1. The zero-order chi connectivity index (χ0) is 40.4. The molecule has 0 radical (unpaired) electrons. The van der Waals surface area contributed by atoms with Crippen molar-refractivity contribution in [2.75, 3.05) is 6.54 Å². The first-order valence-corrected chi connectivity index (χ1v) is 19.9. The van der Waals surface area contributed by atoms with Gasteiger partial charge in [0.1, 0.15) is 0 Å². The number of piperidine rings is 1. The Hall–Kier alpha value is -5.31. The highest BCUT2D eigenvalue weighted by atomic mass is 32.2. The van der Waals surface area contributed by atoms with Gasteiger partial charge >= 0.3 is 0 Å². The third-order valence-electron chi connectivity index (χ3n) is 8.92. The van der Waals surface area contributed by atoms with E-state index in [1.165, 1.54) is 40.9 Å². The summed E-state index contributed by atoms with van der Waals surface area (Å²) in [5, 5.41) is 22.5. The van der Waals surface area contributed by atoms with E-state index in [2.05, 4.69) is 24.5 Å². The van der Waals surface area contributed by atoms with E-state index in [9.17, 15) is 37.1 Å². The average molecular weight is 775 g/mol. The average Bonchev–Trinajstić information content (AvgIpc) is 3.12. The van der Waals surface area contributed by atoms with Crippen molar-refractivity contribution in [3.63, 3.8) is 0 Å². The zero-order valence-corrected chi connectivity index (χ0v) is 32.9. The second-order valence-corrected chi connectivity index (χ2v) is 16.8. The van der Waals surface area contributed by atoms with Crippen LogP contribution in [0.3, 0.4) is 0 Å². The Morgan fingerprint density at radius 1 is 0.741 bits per heavy atom. The lowest BCUT2D eigenvalue weighted by molar-refractivity contribution is -0.388. The number of hydrogen-bond donors (Lipinski definition) is 0. The highest BCUT2D eigenvalue weighted by molar-refractivity contribution is 7.90. The van der Waals surface area contributed by atoms with Crippen LogP contribution in [0, 0.1) is 45.9 Å². The van der Waals surface area contributed by atoms with Gasteiger partial charge in [0.2, 0.25) is 10.0 Å². The molecule has 1 fully saturated rings. The number of rotatable bonds is 9. The number of allylic oxidation sites excluding steroid dienone is 2. The van der Waals surface area contributed by atoms with Gasteiger partial charge in [-0.25, -0.2) is 8.42 Å². The lowest BCUT2D eigenvalue weighted by atomic mass is 9.83. The van der Waals surface area contributed by atoms with E-state index in [1.807, 2.05) is 51.1 Å². The van der Waals surface area contributed by atoms with Crippen molar-refractivity contribution in [3.05, 3.63) is 164 Å².